The highest BCUT2D eigenvalue weighted by Gasteiger charge is 2.10. The summed E-state index contributed by atoms with van der Waals surface area (Å²) in [6.45, 7) is 6.86. The fourth-order valence-corrected chi connectivity index (χ4v) is 2.01. The second-order valence-electron chi connectivity index (χ2n) is 5.23. The Morgan fingerprint density at radius 3 is 2.75 bits per heavy atom. The maximum atomic E-state index is 10.8. The summed E-state index contributed by atoms with van der Waals surface area (Å²) in [4.78, 5) is 10.4. The van der Waals surface area contributed by atoms with Crippen molar-refractivity contribution in [2.45, 2.75) is 27.3 Å². The first-order chi connectivity index (χ1) is 9.45. The minimum absolute atomic E-state index is 0.131. The molecule has 0 amide bonds. The molecule has 1 aromatic heterocycles. The fraction of sp³-hybridized carbons (Fsp3) is 0.357. The molecule has 0 spiro atoms. The van der Waals surface area contributed by atoms with Gasteiger partial charge in [0.2, 0.25) is 0 Å². The number of nitro groups is 1. The molecule has 2 rings (SSSR count). The van der Waals surface area contributed by atoms with Crippen LogP contribution in [0.5, 0.6) is 0 Å². The third-order valence-electron chi connectivity index (χ3n) is 2.87. The standard InChI is InChI=1S/C14H18N4O2/c1-10(2)8-17-9-13(7-15-17)16-12-4-5-14(18(19)20)11(3)6-12/h4-7,9-10,16H,8H2,1-3H3. The van der Waals surface area contributed by atoms with Gasteiger partial charge in [0, 0.05) is 30.1 Å². The molecule has 1 aromatic carbocycles. The van der Waals surface area contributed by atoms with E-state index in [4.69, 9.17) is 0 Å². The van der Waals surface area contributed by atoms with Crippen LogP contribution in [-0.4, -0.2) is 14.7 Å². The zero-order valence-electron chi connectivity index (χ0n) is 11.8. The zero-order chi connectivity index (χ0) is 14.7. The molecule has 0 saturated carbocycles. The molecule has 2 aromatic rings. The molecule has 1 N–H and O–H groups in total. The topological polar surface area (TPSA) is 73.0 Å². The third kappa shape index (κ3) is 3.34. The molecule has 20 heavy (non-hydrogen) atoms. The maximum Gasteiger partial charge on any atom is 0.272 e. The normalized spacial score (nSPS) is 10.8. The monoisotopic (exact) mass is 274 g/mol. The van der Waals surface area contributed by atoms with Gasteiger partial charge in [-0.15, -0.1) is 0 Å². The van der Waals surface area contributed by atoms with Crippen molar-refractivity contribution in [2.75, 3.05) is 5.32 Å². The minimum Gasteiger partial charge on any atom is -0.353 e. The van der Waals surface area contributed by atoms with Gasteiger partial charge in [0.25, 0.3) is 5.69 Å². The van der Waals surface area contributed by atoms with Crippen molar-refractivity contribution < 1.29 is 4.92 Å². The van der Waals surface area contributed by atoms with Crippen LogP contribution in [0.4, 0.5) is 17.1 Å². The first kappa shape index (κ1) is 14.0. The summed E-state index contributed by atoms with van der Waals surface area (Å²) in [5, 5.41) is 18.2. The Bertz CT molecular complexity index is 619. The van der Waals surface area contributed by atoms with Crippen LogP contribution in [0.1, 0.15) is 19.4 Å². The molecular formula is C14H18N4O2. The van der Waals surface area contributed by atoms with E-state index in [1.807, 2.05) is 10.9 Å². The molecule has 0 aliphatic heterocycles. The van der Waals surface area contributed by atoms with Gasteiger partial charge in [0.05, 0.1) is 16.8 Å². The number of nitrogens with one attached hydrogen (secondary N) is 1. The summed E-state index contributed by atoms with van der Waals surface area (Å²) in [5.74, 6) is 0.532. The van der Waals surface area contributed by atoms with E-state index in [1.54, 1.807) is 25.3 Å². The molecule has 0 radical (unpaired) electrons. The number of hydrogen-bond donors (Lipinski definition) is 1. The van der Waals surface area contributed by atoms with Crippen molar-refractivity contribution in [3.8, 4) is 0 Å². The Labute approximate surface area is 117 Å². The van der Waals surface area contributed by atoms with Gasteiger partial charge in [-0.2, -0.15) is 5.10 Å². The average Bonchev–Trinajstić information content (AvgIpc) is 2.75. The molecule has 0 aliphatic rings. The number of aryl methyl sites for hydroxylation is 1. The minimum atomic E-state index is -0.375. The summed E-state index contributed by atoms with van der Waals surface area (Å²) in [7, 11) is 0. The number of benzene rings is 1. The largest absolute Gasteiger partial charge is 0.353 e. The zero-order valence-corrected chi connectivity index (χ0v) is 11.8. The molecule has 106 valence electrons. The van der Waals surface area contributed by atoms with Gasteiger partial charge >= 0.3 is 0 Å². The average molecular weight is 274 g/mol. The van der Waals surface area contributed by atoms with Crippen LogP contribution in [0.2, 0.25) is 0 Å². The molecular weight excluding hydrogens is 256 g/mol. The van der Waals surface area contributed by atoms with E-state index in [0.29, 0.717) is 11.5 Å². The van der Waals surface area contributed by atoms with Crippen molar-refractivity contribution in [1.29, 1.82) is 0 Å². The highest BCUT2D eigenvalue weighted by Crippen LogP contribution is 2.24. The summed E-state index contributed by atoms with van der Waals surface area (Å²) in [6, 6.07) is 4.97. The fourth-order valence-electron chi connectivity index (χ4n) is 2.01. The Balaban J connectivity index is 2.12. The smallest absolute Gasteiger partial charge is 0.272 e. The Kier molecular flexibility index (Phi) is 4.02. The van der Waals surface area contributed by atoms with Crippen LogP contribution in [-0.2, 0) is 6.54 Å². The van der Waals surface area contributed by atoms with E-state index >= 15 is 0 Å². The van der Waals surface area contributed by atoms with Gasteiger partial charge in [0.15, 0.2) is 0 Å². The van der Waals surface area contributed by atoms with E-state index < -0.39 is 0 Å². The predicted octanol–water partition coefficient (Wildman–Crippen LogP) is 3.50. The second kappa shape index (κ2) is 5.73. The van der Waals surface area contributed by atoms with Crippen LogP contribution in [0.15, 0.2) is 30.6 Å². The van der Waals surface area contributed by atoms with Gasteiger partial charge in [-0.05, 0) is 25.0 Å². The number of rotatable bonds is 5. The maximum absolute atomic E-state index is 10.8. The van der Waals surface area contributed by atoms with Gasteiger partial charge in [-0.3, -0.25) is 14.8 Å². The number of nitro benzene ring substituents is 1. The number of anilines is 2. The number of hydrogen-bond acceptors (Lipinski definition) is 4. The van der Waals surface area contributed by atoms with Crippen molar-refractivity contribution >= 4 is 17.1 Å². The third-order valence-corrected chi connectivity index (χ3v) is 2.87. The van der Waals surface area contributed by atoms with Crippen LogP contribution in [0, 0.1) is 23.0 Å². The number of nitrogens with zero attached hydrogens (tertiary/aromatic N) is 3. The van der Waals surface area contributed by atoms with Crippen molar-refractivity contribution in [2.24, 2.45) is 5.92 Å². The number of aromatic nitrogens is 2. The van der Waals surface area contributed by atoms with Crippen molar-refractivity contribution in [3.63, 3.8) is 0 Å². The van der Waals surface area contributed by atoms with Gasteiger partial charge in [0.1, 0.15) is 0 Å². The molecule has 1 heterocycles. The summed E-state index contributed by atoms with van der Waals surface area (Å²) in [5.41, 5.74) is 2.46. The first-order valence-corrected chi connectivity index (χ1v) is 6.50. The Morgan fingerprint density at radius 1 is 1.40 bits per heavy atom. The van der Waals surface area contributed by atoms with E-state index in [2.05, 4.69) is 24.3 Å². The lowest BCUT2D eigenvalue weighted by Gasteiger charge is -2.05. The summed E-state index contributed by atoms with van der Waals surface area (Å²) >= 11 is 0. The molecule has 0 atom stereocenters. The van der Waals surface area contributed by atoms with Crippen LogP contribution < -0.4 is 5.32 Å². The van der Waals surface area contributed by atoms with Crippen LogP contribution in [0.25, 0.3) is 0 Å². The molecule has 0 bridgehead atoms. The van der Waals surface area contributed by atoms with E-state index in [-0.39, 0.29) is 10.6 Å². The Hall–Kier alpha value is -2.37. The second-order valence-corrected chi connectivity index (χ2v) is 5.23. The molecule has 0 unspecified atom stereocenters. The van der Waals surface area contributed by atoms with Crippen LogP contribution in [0.3, 0.4) is 0 Å². The SMILES string of the molecule is Cc1cc(Nc2cnn(CC(C)C)c2)ccc1[N+](=O)[O-]. The molecule has 0 saturated heterocycles. The highest BCUT2D eigenvalue weighted by molar-refractivity contribution is 5.61. The molecule has 0 fully saturated rings. The highest BCUT2D eigenvalue weighted by atomic mass is 16.6. The lowest BCUT2D eigenvalue weighted by atomic mass is 10.2. The predicted molar refractivity (Wildman–Crippen MR) is 78.2 cm³/mol. The van der Waals surface area contributed by atoms with Gasteiger partial charge in [-0.25, -0.2) is 0 Å². The summed E-state index contributed by atoms with van der Waals surface area (Å²) in [6.07, 6.45) is 3.68. The van der Waals surface area contributed by atoms with E-state index in [0.717, 1.165) is 17.9 Å². The first-order valence-electron chi connectivity index (χ1n) is 6.50. The van der Waals surface area contributed by atoms with Crippen molar-refractivity contribution in [3.05, 3.63) is 46.3 Å². The lowest BCUT2D eigenvalue weighted by Crippen LogP contribution is -2.04. The van der Waals surface area contributed by atoms with Crippen LogP contribution >= 0.6 is 0 Å². The van der Waals surface area contributed by atoms with Crippen molar-refractivity contribution in [1.82, 2.24) is 9.78 Å². The molecule has 0 aliphatic carbocycles. The lowest BCUT2D eigenvalue weighted by molar-refractivity contribution is -0.385. The van der Waals surface area contributed by atoms with Gasteiger partial charge < -0.3 is 5.32 Å². The quantitative estimate of drug-likeness (QED) is 0.669. The molecule has 6 heteroatoms. The summed E-state index contributed by atoms with van der Waals surface area (Å²) < 4.78 is 1.88. The van der Waals surface area contributed by atoms with Gasteiger partial charge in [-0.1, -0.05) is 13.8 Å². The molecule has 6 nitrogen and oxygen atoms in total. The van der Waals surface area contributed by atoms with E-state index in [1.165, 1.54) is 6.07 Å². The Morgan fingerprint density at radius 2 is 2.15 bits per heavy atom. The van der Waals surface area contributed by atoms with E-state index in [9.17, 15) is 10.1 Å².